The smallest absolute Gasteiger partial charge is 0.371 e. The topological polar surface area (TPSA) is 27.7 Å². The van der Waals surface area contributed by atoms with Crippen molar-refractivity contribution in [3.8, 4) is 0 Å². The molecule has 0 aliphatic heterocycles. The van der Waals surface area contributed by atoms with Crippen molar-refractivity contribution in [1.82, 2.24) is 0 Å². The molecule has 5 aromatic rings. The second-order valence-electron chi connectivity index (χ2n) is 6.97. The predicted octanol–water partition coefficient (Wildman–Crippen LogP) is 6.82. The van der Waals surface area contributed by atoms with Crippen LogP contribution in [0.3, 0.4) is 0 Å². The summed E-state index contributed by atoms with van der Waals surface area (Å²) in [6.45, 7) is 7.78. The van der Waals surface area contributed by atoms with Gasteiger partial charge >= 0.3 is 9.53 Å². The molecule has 0 amide bonds. The molecule has 0 N–H and O–H groups in total. The highest BCUT2D eigenvalue weighted by atomic mass is 28.3. The van der Waals surface area contributed by atoms with Crippen molar-refractivity contribution in [2.75, 3.05) is 19.8 Å². The van der Waals surface area contributed by atoms with E-state index in [2.05, 4.69) is 72.8 Å². The van der Waals surface area contributed by atoms with Gasteiger partial charge in [0.15, 0.2) is 0 Å². The predicted molar refractivity (Wildman–Crippen MR) is 128 cm³/mol. The maximum atomic E-state index is 5.18. The van der Waals surface area contributed by atoms with E-state index in [-0.39, 0.29) is 0 Å². The van der Waals surface area contributed by atoms with E-state index < -0.39 is 9.53 Å². The average molecular weight is 416 g/mol. The summed E-state index contributed by atoms with van der Waals surface area (Å²) >= 11 is 0. The van der Waals surface area contributed by atoms with E-state index in [1.54, 1.807) is 0 Å². The van der Waals surface area contributed by atoms with Gasteiger partial charge in [-0.05, 0) is 63.9 Å². The zero-order valence-electron chi connectivity index (χ0n) is 17.8. The van der Waals surface area contributed by atoms with Crippen LogP contribution in [0.4, 0.5) is 0 Å². The first-order valence-corrected chi connectivity index (χ1v) is 11.8. The fraction of sp³-hybridized carbons (Fsp3) is 0.231. The lowest BCUT2D eigenvalue weighted by Crippen LogP contribution is -2.27. The van der Waals surface area contributed by atoms with Gasteiger partial charge in [0.2, 0.25) is 0 Å². The molecule has 0 bridgehead atoms. The first-order valence-electron chi connectivity index (χ1n) is 10.6. The van der Waals surface area contributed by atoms with Gasteiger partial charge < -0.3 is 13.3 Å². The molecule has 0 saturated heterocycles. The Balaban J connectivity index is 0.000000188. The molecule has 5 aromatic carbocycles. The normalized spacial score (nSPS) is 11.6. The molecule has 5 rings (SSSR count). The zero-order valence-corrected chi connectivity index (χ0v) is 18.8. The first kappa shape index (κ1) is 20.8. The van der Waals surface area contributed by atoms with Crippen molar-refractivity contribution in [2.24, 2.45) is 0 Å². The van der Waals surface area contributed by atoms with Gasteiger partial charge in [-0.2, -0.15) is 0 Å². The minimum absolute atomic E-state index is 0.661. The Kier molecular flexibility index (Phi) is 6.60. The van der Waals surface area contributed by atoms with Crippen LogP contribution in [0, 0.1) is 0 Å². The van der Waals surface area contributed by atoms with Crippen LogP contribution in [0.1, 0.15) is 20.8 Å². The Hall–Kier alpha value is -2.50. The van der Waals surface area contributed by atoms with Crippen LogP contribution in [-0.2, 0) is 13.3 Å². The highest BCUT2D eigenvalue weighted by Gasteiger charge is 2.15. The van der Waals surface area contributed by atoms with Gasteiger partial charge in [0.25, 0.3) is 0 Å². The summed E-state index contributed by atoms with van der Waals surface area (Å²) in [5.41, 5.74) is 0. The summed E-state index contributed by atoms with van der Waals surface area (Å²) < 4.78 is 15.5. The van der Waals surface area contributed by atoms with Gasteiger partial charge in [-0.1, -0.05) is 72.8 Å². The van der Waals surface area contributed by atoms with Crippen molar-refractivity contribution < 1.29 is 13.3 Å². The van der Waals surface area contributed by atoms with Crippen molar-refractivity contribution in [3.05, 3.63) is 72.8 Å². The fourth-order valence-corrected chi connectivity index (χ4v) is 5.02. The van der Waals surface area contributed by atoms with Crippen molar-refractivity contribution in [3.63, 3.8) is 0 Å². The quantitative estimate of drug-likeness (QED) is 0.173. The van der Waals surface area contributed by atoms with Crippen LogP contribution >= 0.6 is 0 Å². The minimum atomic E-state index is -1.40. The minimum Gasteiger partial charge on any atom is -0.371 e. The number of hydrogen-bond acceptors (Lipinski definition) is 3. The standard InChI is InChI=1S/C20H12.C6H15O3Si/c1-5-13-6-2-11-17-18-12-4-8-14-7-3-10-16(20(14)18)15(9-1)19(13)17;1-4-7-10(8-5-2)9-6-3/h1-12H;4-6H2,1-3H3. The second-order valence-corrected chi connectivity index (χ2v) is 8.33. The SMILES string of the molecule is CCO[Si](OCC)OCC.c1cc2cccc3c4cccc5cccc(c(c1)c23)c54. The first-order chi connectivity index (χ1) is 14.8. The summed E-state index contributed by atoms with van der Waals surface area (Å²) in [7, 11) is -1.40. The monoisotopic (exact) mass is 415 g/mol. The molecule has 153 valence electrons. The summed E-state index contributed by atoms with van der Waals surface area (Å²) in [5, 5.41) is 10.9. The molecule has 1 radical (unpaired) electrons. The van der Waals surface area contributed by atoms with Gasteiger partial charge in [-0.3, -0.25) is 0 Å². The van der Waals surface area contributed by atoms with Gasteiger partial charge in [0, 0.05) is 19.8 Å². The van der Waals surface area contributed by atoms with E-state index in [4.69, 9.17) is 13.3 Å². The Morgan fingerprint density at radius 3 is 1.07 bits per heavy atom. The molecule has 30 heavy (non-hydrogen) atoms. The van der Waals surface area contributed by atoms with Crippen LogP contribution in [0.2, 0.25) is 0 Å². The van der Waals surface area contributed by atoms with E-state index in [0.29, 0.717) is 19.8 Å². The lowest BCUT2D eigenvalue weighted by Gasteiger charge is -2.13. The van der Waals surface area contributed by atoms with E-state index >= 15 is 0 Å². The molecule has 0 aliphatic rings. The number of benzene rings is 5. The molecule has 0 atom stereocenters. The Labute approximate surface area is 179 Å². The molecule has 0 unspecified atom stereocenters. The van der Waals surface area contributed by atoms with Gasteiger partial charge in [0.1, 0.15) is 0 Å². The van der Waals surface area contributed by atoms with Gasteiger partial charge in [-0.25, -0.2) is 0 Å². The van der Waals surface area contributed by atoms with Crippen molar-refractivity contribution in [1.29, 1.82) is 0 Å². The van der Waals surface area contributed by atoms with Crippen molar-refractivity contribution >= 4 is 52.6 Å². The van der Waals surface area contributed by atoms with Crippen molar-refractivity contribution in [2.45, 2.75) is 20.8 Å². The number of rotatable bonds is 6. The highest BCUT2D eigenvalue weighted by molar-refractivity contribution is 6.36. The molecule has 0 fully saturated rings. The maximum Gasteiger partial charge on any atom is 0.577 e. The van der Waals surface area contributed by atoms with Gasteiger partial charge in [-0.15, -0.1) is 0 Å². The van der Waals surface area contributed by atoms with E-state index in [9.17, 15) is 0 Å². The lowest BCUT2D eigenvalue weighted by molar-refractivity contribution is 0.107. The molecule has 3 nitrogen and oxygen atoms in total. The summed E-state index contributed by atoms with van der Waals surface area (Å²) in [6.07, 6.45) is 0. The molecule has 4 heteroatoms. The molecule has 0 spiro atoms. The average Bonchev–Trinajstić information content (AvgIpc) is 2.78. The Bertz CT molecular complexity index is 1070. The van der Waals surface area contributed by atoms with Crippen LogP contribution in [0.5, 0.6) is 0 Å². The third kappa shape index (κ3) is 3.92. The van der Waals surface area contributed by atoms with E-state index in [0.717, 1.165) is 0 Å². The fourth-order valence-electron chi connectivity index (χ4n) is 4.06. The molecular formula is C26H27O3Si. The molecule has 0 aliphatic carbocycles. The number of fused-ring (bicyclic) bond motifs is 2. The largest absolute Gasteiger partial charge is 0.577 e. The molecule has 0 saturated carbocycles. The molecular weight excluding hydrogens is 388 g/mol. The lowest BCUT2D eigenvalue weighted by atomic mass is 9.90. The molecule has 0 aromatic heterocycles. The van der Waals surface area contributed by atoms with Crippen LogP contribution in [-0.4, -0.2) is 29.3 Å². The Morgan fingerprint density at radius 2 is 0.800 bits per heavy atom. The Morgan fingerprint density at radius 1 is 0.500 bits per heavy atom. The third-order valence-electron chi connectivity index (χ3n) is 5.18. The second kappa shape index (κ2) is 9.54. The summed E-state index contributed by atoms with van der Waals surface area (Å²) in [4.78, 5) is 0. The maximum absolute atomic E-state index is 5.18. The van der Waals surface area contributed by atoms with E-state index in [1.807, 2.05) is 20.8 Å². The highest BCUT2D eigenvalue weighted by Crippen LogP contribution is 2.39. The van der Waals surface area contributed by atoms with E-state index in [1.165, 1.54) is 43.1 Å². The number of hydrogen-bond donors (Lipinski definition) is 0. The zero-order chi connectivity index (χ0) is 20.9. The van der Waals surface area contributed by atoms with Crippen LogP contribution in [0.15, 0.2) is 72.8 Å². The molecule has 0 heterocycles. The summed E-state index contributed by atoms with van der Waals surface area (Å²) in [6, 6.07) is 26.4. The third-order valence-corrected chi connectivity index (χ3v) is 6.75. The summed E-state index contributed by atoms with van der Waals surface area (Å²) in [5.74, 6) is 0. The van der Waals surface area contributed by atoms with Gasteiger partial charge in [0.05, 0.1) is 0 Å². The van der Waals surface area contributed by atoms with Crippen LogP contribution in [0.25, 0.3) is 43.1 Å². The van der Waals surface area contributed by atoms with Crippen LogP contribution < -0.4 is 0 Å².